The molecule has 5 heteroatoms. The Hall–Kier alpha value is -0.930. The number of hydrogen-bond acceptors (Lipinski definition) is 3. The van der Waals surface area contributed by atoms with Crippen LogP contribution in [0.3, 0.4) is 0 Å². The van der Waals surface area contributed by atoms with E-state index in [1.807, 2.05) is 0 Å². The number of nitrogens with two attached hydrogens (primary N) is 1. The van der Waals surface area contributed by atoms with E-state index in [1.165, 1.54) is 0 Å². The summed E-state index contributed by atoms with van der Waals surface area (Å²) in [7, 11) is 0. The Morgan fingerprint density at radius 2 is 2.06 bits per heavy atom. The van der Waals surface area contributed by atoms with Crippen molar-refractivity contribution in [1.82, 2.24) is 4.98 Å². The molecule has 2 atom stereocenters. The van der Waals surface area contributed by atoms with E-state index >= 15 is 0 Å². The van der Waals surface area contributed by atoms with E-state index in [0.717, 1.165) is 12.8 Å². The standard InChI is InChI=1S/C13H16Cl2N2O/c1-8-4-2-3-5-9(8)7-18-13-11(15)6-10(14)12(16)17-13/h2-3,6,8-9H,4-5,7H2,1H3,(H2,16,17). The first-order valence-electron chi connectivity index (χ1n) is 5.97. The van der Waals surface area contributed by atoms with Gasteiger partial charge in [0.05, 0.1) is 11.6 Å². The second kappa shape index (κ2) is 5.81. The van der Waals surface area contributed by atoms with Gasteiger partial charge in [0.1, 0.15) is 10.8 Å². The number of nitrogen functional groups attached to an aromatic ring is 1. The van der Waals surface area contributed by atoms with Crippen LogP contribution < -0.4 is 10.5 Å². The van der Waals surface area contributed by atoms with Gasteiger partial charge in [-0.2, -0.15) is 4.98 Å². The van der Waals surface area contributed by atoms with E-state index in [1.54, 1.807) is 6.07 Å². The van der Waals surface area contributed by atoms with Gasteiger partial charge in [0.2, 0.25) is 5.88 Å². The van der Waals surface area contributed by atoms with Gasteiger partial charge >= 0.3 is 0 Å². The largest absolute Gasteiger partial charge is 0.476 e. The number of rotatable bonds is 3. The molecule has 18 heavy (non-hydrogen) atoms. The normalized spacial score (nSPS) is 23.1. The molecule has 0 saturated heterocycles. The van der Waals surface area contributed by atoms with Crippen LogP contribution in [0.25, 0.3) is 0 Å². The van der Waals surface area contributed by atoms with E-state index in [4.69, 9.17) is 33.7 Å². The lowest BCUT2D eigenvalue weighted by molar-refractivity contribution is 0.193. The second-order valence-electron chi connectivity index (χ2n) is 4.63. The average Bonchev–Trinajstić information content (AvgIpc) is 2.34. The summed E-state index contributed by atoms with van der Waals surface area (Å²) in [5.41, 5.74) is 5.63. The number of anilines is 1. The molecule has 1 aliphatic carbocycles. The molecule has 1 aliphatic rings. The van der Waals surface area contributed by atoms with Crippen LogP contribution in [0.1, 0.15) is 19.8 Å². The van der Waals surface area contributed by atoms with Crippen molar-refractivity contribution in [2.24, 2.45) is 11.8 Å². The van der Waals surface area contributed by atoms with Crippen molar-refractivity contribution in [1.29, 1.82) is 0 Å². The second-order valence-corrected chi connectivity index (χ2v) is 5.45. The van der Waals surface area contributed by atoms with Gasteiger partial charge in [-0.1, -0.05) is 42.3 Å². The molecule has 0 aromatic carbocycles. The Morgan fingerprint density at radius 1 is 1.33 bits per heavy atom. The number of pyridine rings is 1. The van der Waals surface area contributed by atoms with Gasteiger partial charge in [-0.3, -0.25) is 0 Å². The first kappa shape index (κ1) is 13.5. The molecule has 0 radical (unpaired) electrons. The topological polar surface area (TPSA) is 48.1 Å². The summed E-state index contributed by atoms with van der Waals surface area (Å²) in [4.78, 5) is 4.06. The molecule has 2 N–H and O–H groups in total. The molecule has 0 bridgehead atoms. The van der Waals surface area contributed by atoms with Crippen LogP contribution in [0.2, 0.25) is 10.0 Å². The zero-order chi connectivity index (χ0) is 13.1. The van der Waals surface area contributed by atoms with Gasteiger partial charge in [0.25, 0.3) is 0 Å². The lowest BCUT2D eigenvalue weighted by atomic mass is 9.85. The summed E-state index contributed by atoms with van der Waals surface area (Å²) < 4.78 is 5.67. The Bertz CT molecular complexity index is 463. The van der Waals surface area contributed by atoms with Crippen LogP contribution in [0.5, 0.6) is 5.88 Å². The third kappa shape index (κ3) is 3.09. The lowest BCUT2D eigenvalue weighted by Crippen LogP contribution is -2.21. The van der Waals surface area contributed by atoms with Gasteiger partial charge < -0.3 is 10.5 Å². The van der Waals surface area contributed by atoms with Crippen molar-refractivity contribution in [2.75, 3.05) is 12.3 Å². The highest BCUT2D eigenvalue weighted by Gasteiger charge is 2.20. The Kier molecular flexibility index (Phi) is 4.36. The monoisotopic (exact) mass is 286 g/mol. The highest BCUT2D eigenvalue weighted by atomic mass is 35.5. The van der Waals surface area contributed by atoms with E-state index < -0.39 is 0 Å². The maximum absolute atomic E-state index is 6.01. The third-order valence-electron chi connectivity index (χ3n) is 3.28. The molecule has 0 amide bonds. The number of ether oxygens (including phenoxy) is 1. The smallest absolute Gasteiger partial charge is 0.234 e. The van der Waals surface area contributed by atoms with Crippen molar-refractivity contribution >= 4 is 29.0 Å². The summed E-state index contributed by atoms with van der Waals surface area (Å²) in [6, 6.07) is 1.56. The van der Waals surface area contributed by atoms with Crippen molar-refractivity contribution in [3.05, 3.63) is 28.3 Å². The molecule has 1 aromatic rings. The van der Waals surface area contributed by atoms with Crippen LogP contribution in [-0.2, 0) is 0 Å². The summed E-state index contributed by atoms with van der Waals surface area (Å²) >= 11 is 11.8. The van der Waals surface area contributed by atoms with Gasteiger partial charge in [-0.05, 0) is 30.7 Å². The molecule has 98 valence electrons. The fourth-order valence-corrected chi connectivity index (χ4v) is 2.40. The van der Waals surface area contributed by atoms with Crippen LogP contribution in [-0.4, -0.2) is 11.6 Å². The third-order valence-corrected chi connectivity index (χ3v) is 3.85. The van der Waals surface area contributed by atoms with E-state index in [9.17, 15) is 0 Å². The van der Waals surface area contributed by atoms with Crippen molar-refractivity contribution < 1.29 is 4.74 Å². The Morgan fingerprint density at radius 3 is 2.78 bits per heavy atom. The van der Waals surface area contributed by atoms with Gasteiger partial charge in [0, 0.05) is 0 Å². The maximum atomic E-state index is 6.01. The molecule has 0 saturated carbocycles. The predicted molar refractivity (Wildman–Crippen MR) is 75.2 cm³/mol. The number of allylic oxidation sites excluding steroid dienone is 2. The number of aromatic nitrogens is 1. The van der Waals surface area contributed by atoms with Crippen molar-refractivity contribution in [3.8, 4) is 5.88 Å². The van der Waals surface area contributed by atoms with Crippen molar-refractivity contribution in [2.45, 2.75) is 19.8 Å². The fourth-order valence-electron chi connectivity index (χ4n) is 1.99. The van der Waals surface area contributed by atoms with Gasteiger partial charge in [-0.25, -0.2) is 0 Å². The Balaban J connectivity index is 2.02. The predicted octanol–water partition coefficient (Wildman–Crippen LogP) is 3.95. The molecule has 1 heterocycles. The summed E-state index contributed by atoms with van der Waals surface area (Å²) in [5, 5.41) is 0.745. The molecule has 0 spiro atoms. The molecule has 0 fully saturated rings. The average molecular weight is 287 g/mol. The zero-order valence-electron chi connectivity index (χ0n) is 10.2. The number of hydrogen-bond donors (Lipinski definition) is 1. The lowest BCUT2D eigenvalue weighted by Gasteiger charge is -2.25. The summed E-state index contributed by atoms with van der Waals surface area (Å²) in [6.07, 6.45) is 6.53. The Labute approximate surface area is 117 Å². The minimum absolute atomic E-state index is 0.243. The molecular weight excluding hydrogens is 271 g/mol. The van der Waals surface area contributed by atoms with E-state index in [2.05, 4.69) is 24.1 Å². The quantitative estimate of drug-likeness (QED) is 0.856. The van der Waals surface area contributed by atoms with Gasteiger partial charge in [0.15, 0.2) is 0 Å². The first-order valence-corrected chi connectivity index (χ1v) is 6.73. The number of halogens is 2. The molecular formula is C13H16Cl2N2O. The highest BCUT2D eigenvalue weighted by Crippen LogP contribution is 2.31. The zero-order valence-corrected chi connectivity index (χ0v) is 11.7. The number of nitrogens with zero attached hydrogens (tertiary/aromatic N) is 1. The van der Waals surface area contributed by atoms with Crippen LogP contribution in [0.15, 0.2) is 18.2 Å². The first-order chi connectivity index (χ1) is 8.58. The highest BCUT2D eigenvalue weighted by molar-refractivity contribution is 6.36. The van der Waals surface area contributed by atoms with Gasteiger partial charge in [-0.15, -0.1) is 0 Å². The fraction of sp³-hybridized carbons (Fsp3) is 0.462. The molecule has 0 aliphatic heterocycles. The SMILES string of the molecule is CC1CC=CCC1COc1nc(N)c(Cl)cc1Cl. The minimum Gasteiger partial charge on any atom is -0.476 e. The van der Waals surface area contributed by atoms with Crippen LogP contribution in [0.4, 0.5) is 5.82 Å². The summed E-state index contributed by atoms with van der Waals surface area (Å²) in [6.45, 7) is 2.82. The van der Waals surface area contributed by atoms with Crippen molar-refractivity contribution in [3.63, 3.8) is 0 Å². The molecule has 3 nitrogen and oxygen atoms in total. The van der Waals surface area contributed by atoms with Crippen LogP contribution in [0, 0.1) is 11.8 Å². The molecule has 1 aromatic heterocycles. The molecule has 2 rings (SSSR count). The maximum Gasteiger partial charge on any atom is 0.234 e. The minimum atomic E-state index is 0.243. The van der Waals surface area contributed by atoms with Crippen LogP contribution >= 0.6 is 23.2 Å². The summed E-state index contributed by atoms with van der Waals surface area (Å²) in [5.74, 6) is 1.70. The van der Waals surface area contributed by atoms with E-state index in [-0.39, 0.29) is 5.82 Å². The molecule has 2 unspecified atom stereocenters. The van der Waals surface area contributed by atoms with E-state index in [0.29, 0.717) is 34.4 Å².